The van der Waals surface area contributed by atoms with Gasteiger partial charge in [-0.15, -0.1) is 0 Å². The Morgan fingerprint density at radius 1 is 1.33 bits per heavy atom. The van der Waals surface area contributed by atoms with Gasteiger partial charge in [-0.3, -0.25) is 9.48 Å². The third-order valence-electron chi connectivity index (χ3n) is 3.33. The maximum atomic E-state index is 12.3. The van der Waals surface area contributed by atoms with Crippen LogP contribution < -0.4 is 14.5 Å². The molecule has 0 bridgehead atoms. The lowest BCUT2D eigenvalue weighted by atomic mass is 10.3. The van der Waals surface area contributed by atoms with Gasteiger partial charge >= 0.3 is 0 Å². The molecule has 1 saturated heterocycles. The fourth-order valence-electron chi connectivity index (χ4n) is 2.26. The predicted octanol–water partition coefficient (Wildman–Crippen LogP) is 0.0719. The Labute approximate surface area is 122 Å². The minimum absolute atomic E-state index is 0.000620. The van der Waals surface area contributed by atoms with Crippen LogP contribution in [0.3, 0.4) is 0 Å². The zero-order valence-corrected chi connectivity index (χ0v) is 11.9. The van der Waals surface area contributed by atoms with Crippen molar-refractivity contribution in [3.05, 3.63) is 24.7 Å². The van der Waals surface area contributed by atoms with Crippen molar-refractivity contribution in [2.75, 3.05) is 36.5 Å². The number of aromatic nitrogens is 4. The first-order valence-electron chi connectivity index (χ1n) is 6.58. The highest BCUT2D eigenvalue weighted by Crippen LogP contribution is 2.19. The van der Waals surface area contributed by atoms with E-state index >= 15 is 0 Å². The van der Waals surface area contributed by atoms with Crippen LogP contribution in [0, 0.1) is 0 Å². The van der Waals surface area contributed by atoms with Gasteiger partial charge in [0.1, 0.15) is 6.54 Å². The van der Waals surface area contributed by atoms with E-state index in [1.54, 1.807) is 35.2 Å². The molecule has 0 spiro atoms. The van der Waals surface area contributed by atoms with Crippen LogP contribution in [0.4, 0.5) is 11.6 Å². The Morgan fingerprint density at radius 2 is 2.19 bits per heavy atom. The number of methoxy groups -OCH3 is 1. The average Bonchev–Trinajstić information content (AvgIpc) is 2.93. The largest absolute Gasteiger partial charge is 0.481 e. The van der Waals surface area contributed by atoms with Gasteiger partial charge in [0.2, 0.25) is 17.7 Å². The zero-order valence-electron chi connectivity index (χ0n) is 11.9. The van der Waals surface area contributed by atoms with Crippen LogP contribution in [0.1, 0.15) is 0 Å². The third-order valence-corrected chi connectivity index (χ3v) is 3.33. The van der Waals surface area contributed by atoms with Gasteiger partial charge in [-0.05, 0) is 0 Å². The highest BCUT2D eigenvalue weighted by Gasteiger charge is 2.27. The number of ether oxygens (including phenoxy) is 1. The first-order chi connectivity index (χ1) is 10.2. The van der Waals surface area contributed by atoms with Gasteiger partial charge in [0.25, 0.3) is 0 Å². The summed E-state index contributed by atoms with van der Waals surface area (Å²) in [5.74, 6) is 0.997. The molecule has 1 aliphatic rings. The maximum absolute atomic E-state index is 12.3. The smallest absolute Gasteiger partial charge is 0.246 e. The van der Waals surface area contributed by atoms with Gasteiger partial charge in [0.05, 0.1) is 19.0 Å². The minimum atomic E-state index is 0.000620. The molecule has 21 heavy (non-hydrogen) atoms. The number of nitrogens with zero attached hydrogens (tertiary/aromatic N) is 6. The van der Waals surface area contributed by atoms with Crippen LogP contribution >= 0.6 is 0 Å². The van der Waals surface area contributed by atoms with E-state index in [1.165, 1.54) is 0 Å². The molecule has 3 heterocycles. The number of hydrogen-bond acceptors (Lipinski definition) is 6. The van der Waals surface area contributed by atoms with Crippen LogP contribution in [0.15, 0.2) is 24.7 Å². The highest BCUT2D eigenvalue weighted by atomic mass is 16.5. The fraction of sp³-hybridized carbons (Fsp3) is 0.385. The minimum Gasteiger partial charge on any atom is -0.481 e. The molecule has 0 aromatic carbocycles. The van der Waals surface area contributed by atoms with Gasteiger partial charge < -0.3 is 14.5 Å². The molecule has 1 amide bonds. The summed E-state index contributed by atoms with van der Waals surface area (Å²) in [4.78, 5) is 24.3. The lowest BCUT2D eigenvalue weighted by molar-refractivity contribution is -0.117. The Bertz CT molecular complexity index is 656. The molecule has 0 atom stereocenters. The van der Waals surface area contributed by atoms with E-state index in [9.17, 15) is 4.79 Å². The molecule has 2 aromatic rings. The van der Waals surface area contributed by atoms with E-state index < -0.39 is 0 Å². The summed E-state index contributed by atoms with van der Waals surface area (Å²) >= 11 is 0. The van der Waals surface area contributed by atoms with Gasteiger partial charge in [-0.1, -0.05) is 0 Å². The van der Waals surface area contributed by atoms with Crippen molar-refractivity contribution in [3.8, 4) is 5.88 Å². The van der Waals surface area contributed by atoms with Crippen molar-refractivity contribution in [3.63, 3.8) is 0 Å². The highest BCUT2D eigenvalue weighted by molar-refractivity contribution is 5.97. The lowest BCUT2D eigenvalue weighted by Crippen LogP contribution is -2.51. The number of carbonyl (C=O) groups is 1. The Balaban J connectivity index is 1.74. The predicted molar refractivity (Wildman–Crippen MR) is 76.4 cm³/mol. The summed E-state index contributed by atoms with van der Waals surface area (Å²) < 4.78 is 6.76. The van der Waals surface area contributed by atoms with Gasteiger partial charge in [-0.25, -0.2) is 4.98 Å². The van der Waals surface area contributed by atoms with E-state index in [0.717, 1.165) is 5.69 Å². The van der Waals surface area contributed by atoms with E-state index in [4.69, 9.17) is 4.74 Å². The first kappa shape index (κ1) is 13.3. The number of anilines is 2. The Morgan fingerprint density at radius 3 is 2.86 bits per heavy atom. The summed E-state index contributed by atoms with van der Waals surface area (Å²) in [6, 6.07) is 1.68. The average molecular weight is 288 g/mol. The molecule has 8 nitrogen and oxygen atoms in total. The second-order valence-electron chi connectivity index (χ2n) is 4.74. The van der Waals surface area contributed by atoms with Crippen molar-refractivity contribution in [1.29, 1.82) is 0 Å². The summed E-state index contributed by atoms with van der Waals surface area (Å²) in [5.41, 5.74) is 0.814. The molecule has 1 aliphatic heterocycles. The van der Waals surface area contributed by atoms with Gasteiger partial charge in [0.15, 0.2) is 0 Å². The van der Waals surface area contributed by atoms with Crippen LogP contribution in [-0.4, -0.2) is 52.4 Å². The molecule has 0 saturated carbocycles. The van der Waals surface area contributed by atoms with E-state index in [-0.39, 0.29) is 12.5 Å². The fourth-order valence-corrected chi connectivity index (χ4v) is 2.26. The van der Waals surface area contributed by atoms with Crippen molar-refractivity contribution >= 4 is 17.5 Å². The topological polar surface area (TPSA) is 76.4 Å². The van der Waals surface area contributed by atoms with E-state index in [0.29, 0.717) is 24.9 Å². The van der Waals surface area contributed by atoms with Crippen molar-refractivity contribution in [2.24, 2.45) is 7.05 Å². The SMILES string of the molecule is COc1ccnc(N2CCN(c3cnn(C)c3)C(=O)C2)n1. The van der Waals surface area contributed by atoms with E-state index in [1.807, 2.05) is 18.1 Å². The Kier molecular flexibility index (Phi) is 3.43. The number of carbonyl (C=O) groups excluding carboxylic acids is 1. The standard InChI is InChI=1S/C13H16N6O2/c1-17-8-10(7-15-17)19-6-5-18(9-12(19)20)13-14-4-3-11(16-13)21-2/h3-4,7-8H,5-6,9H2,1-2H3. The van der Waals surface area contributed by atoms with Crippen LogP contribution in [0.5, 0.6) is 5.88 Å². The third kappa shape index (κ3) is 2.64. The zero-order chi connectivity index (χ0) is 14.8. The van der Waals surface area contributed by atoms with Crippen molar-refractivity contribution in [1.82, 2.24) is 19.7 Å². The van der Waals surface area contributed by atoms with Crippen LogP contribution in [-0.2, 0) is 11.8 Å². The summed E-state index contributed by atoms with van der Waals surface area (Å²) in [5, 5.41) is 4.09. The summed E-state index contributed by atoms with van der Waals surface area (Å²) in [6.07, 6.45) is 5.14. The molecule has 0 radical (unpaired) electrons. The monoisotopic (exact) mass is 288 g/mol. The quantitative estimate of drug-likeness (QED) is 0.795. The number of aryl methyl sites for hydroxylation is 1. The normalized spacial score (nSPS) is 15.4. The molecule has 0 N–H and O–H groups in total. The summed E-state index contributed by atoms with van der Waals surface area (Å²) in [7, 11) is 3.38. The molecular formula is C13H16N6O2. The second kappa shape index (κ2) is 5.39. The number of hydrogen-bond donors (Lipinski definition) is 0. The molecule has 8 heteroatoms. The Hall–Kier alpha value is -2.64. The molecule has 110 valence electrons. The number of piperazine rings is 1. The number of rotatable bonds is 3. The summed E-state index contributed by atoms with van der Waals surface area (Å²) in [6.45, 7) is 1.47. The maximum Gasteiger partial charge on any atom is 0.246 e. The van der Waals surface area contributed by atoms with E-state index in [2.05, 4.69) is 15.1 Å². The number of amides is 1. The molecule has 0 aliphatic carbocycles. The van der Waals surface area contributed by atoms with Gasteiger partial charge in [-0.2, -0.15) is 10.1 Å². The second-order valence-corrected chi connectivity index (χ2v) is 4.74. The molecule has 1 fully saturated rings. The van der Waals surface area contributed by atoms with Crippen molar-refractivity contribution < 1.29 is 9.53 Å². The van der Waals surface area contributed by atoms with Crippen LogP contribution in [0.2, 0.25) is 0 Å². The van der Waals surface area contributed by atoms with Gasteiger partial charge in [0, 0.05) is 38.6 Å². The molecular weight excluding hydrogens is 272 g/mol. The lowest BCUT2D eigenvalue weighted by Gasteiger charge is -2.33. The molecule has 0 unspecified atom stereocenters. The molecule has 3 rings (SSSR count). The van der Waals surface area contributed by atoms with Crippen molar-refractivity contribution in [2.45, 2.75) is 0 Å². The first-order valence-corrected chi connectivity index (χ1v) is 6.58. The van der Waals surface area contributed by atoms with Crippen LogP contribution in [0.25, 0.3) is 0 Å². The molecule has 2 aromatic heterocycles.